The lowest BCUT2D eigenvalue weighted by atomic mass is 10.3. The van der Waals surface area contributed by atoms with E-state index in [4.69, 9.17) is 17.3 Å². The molecule has 0 atom stereocenters. The molecule has 0 heterocycles. The van der Waals surface area contributed by atoms with E-state index >= 15 is 0 Å². The molecule has 0 saturated heterocycles. The summed E-state index contributed by atoms with van der Waals surface area (Å²) >= 11 is 7.28. The van der Waals surface area contributed by atoms with Crippen molar-refractivity contribution in [3.8, 4) is 0 Å². The van der Waals surface area contributed by atoms with Crippen molar-refractivity contribution in [3.05, 3.63) is 23.2 Å². The van der Waals surface area contributed by atoms with Crippen molar-refractivity contribution in [3.63, 3.8) is 0 Å². The molecule has 1 rings (SSSR count). The molecule has 1 amide bonds. The third kappa shape index (κ3) is 3.12. The summed E-state index contributed by atoms with van der Waals surface area (Å²) in [7, 11) is 1.60. The predicted octanol–water partition coefficient (Wildman–Crippen LogP) is 1.76. The number of hydrogen-bond donors (Lipinski definition) is 2. The summed E-state index contributed by atoms with van der Waals surface area (Å²) in [5.41, 5.74) is 6.24. The summed E-state index contributed by atoms with van der Waals surface area (Å²) in [6.45, 7) is 0. The highest BCUT2D eigenvalue weighted by atomic mass is 35.5. The van der Waals surface area contributed by atoms with Crippen LogP contribution >= 0.6 is 23.4 Å². The average molecular weight is 231 g/mol. The van der Waals surface area contributed by atoms with E-state index in [2.05, 4.69) is 5.32 Å². The van der Waals surface area contributed by atoms with Crippen molar-refractivity contribution in [2.45, 2.75) is 4.90 Å². The van der Waals surface area contributed by atoms with Gasteiger partial charge in [-0.15, -0.1) is 11.8 Å². The molecule has 5 heteroatoms. The van der Waals surface area contributed by atoms with Gasteiger partial charge in [0.15, 0.2) is 0 Å². The highest BCUT2D eigenvalue weighted by Crippen LogP contribution is 2.28. The quantitative estimate of drug-likeness (QED) is 0.615. The maximum Gasteiger partial charge on any atom is 0.230 e. The second-order valence-electron chi connectivity index (χ2n) is 2.65. The molecule has 0 spiro atoms. The average Bonchev–Trinajstić information content (AvgIpc) is 2.19. The molecule has 0 aliphatic rings. The van der Waals surface area contributed by atoms with E-state index in [9.17, 15) is 4.79 Å². The van der Waals surface area contributed by atoms with Gasteiger partial charge in [0.05, 0.1) is 10.8 Å². The van der Waals surface area contributed by atoms with Crippen LogP contribution in [0.15, 0.2) is 23.1 Å². The topological polar surface area (TPSA) is 55.1 Å². The smallest absolute Gasteiger partial charge is 0.230 e. The maximum atomic E-state index is 11.0. The van der Waals surface area contributed by atoms with E-state index in [1.807, 2.05) is 0 Å². The Bertz CT molecular complexity index is 344. The molecule has 0 radical (unpaired) electrons. The monoisotopic (exact) mass is 230 g/mol. The minimum atomic E-state index is -0.0338. The molecule has 14 heavy (non-hydrogen) atoms. The molecule has 0 aliphatic heterocycles. The first-order valence-electron chi connectivity index (χ1n) is 4.02. The number of hydrogen-bond acceptors (Lipinski definition) is 3. The van der Waals surface area contributed by atoms with Gasteiger partial charge in [-0.25, -0.2) is 0 Å². The lowest BCUT2D eigenvalue weighted by molar-refractivity contribution is -0.118. The Morgan fingerprint density at radius 1 is 1.64 bits per heavy atom. The van der Waals surface area contributed by atoms with Crippen molar-refractivity contribution in [2.24, 2.45) is 0 Å². The Hall–Kier alpha value is -0.870. The van der Waals surface area contributed by atoms with Crippen LogP contribution in [0.3, 0.4) is 0 Å². The van der Waals surface area contributed by atoms with Crippen LogP contribution in [0, 0.1) is 0 Å². The fourth-order valence-corrected chi connectivity index (χ4v) is 1.98. The summed E-state index contributed by atoms with van der Waals surface area (Å²) in [6.07, 6.45) is 0. The number of thioether (sulfide) groups is 1. The fourth-order valence-electron chi connectivity index (χ4n) is 0.846. The van der Waals surface area contributed by atoms with Crippen molar-refractivity contribution < 1.29 is 4.79 Å². The zero-order chi connectivity index (χ0) is 10.6. The molecule has 1 aromatic rings. The molecule has 1 aromatic carbocycles. The molecule has 0 saturated carbocycles. The number of amides is 1. The summed E-state index contributed by atoms with van der Waals surface area (Å²) in [4.78, 5) is 11.8. The molecule has 0 fully saturated rings. The highest BCUT2D eigenvalue weighted by molar-refractivity contribution is 8.00. The zero-order valence-electron chi connectivity index (χ0n) is 7.71. The molecule has 3 N–H and O–H groups in total. The molecule has 0 aromatic heterocycles. The Balaban J connectivity index is 2.66. The van der Waals surface area contributed by atoms with Crippen LogP contribution in [0.25, 0.3) is 0 Å². The molecule has 0 unspecified atom stereocenters. The molecule has 0 bridgehead atoms. The first-order chi connectivity index (χ1) is 6.63. The van der Waals surface area contributed by atoms with E-state index in [0.717, 1.165) is 4.90 Å². The zero-order valence-corrected chi connectivity index (χ0v) is 9.28. The second kappa shape index (κ2) is 5.12. The number of rotatable bonds is 3. The summed E-state index contributed by atoms with van der Waals surface area (Å²) in [6, 6.07) is 5.21. The van der Waals surface area contributed by atoms with Gasteiger partial charge in [0.25, 0.3) is 0 Å². The van der Waals surface area contributed by atoms with Crippen LogP contribution in [0.1, 0.15) is 0 Å². The van der Waals surface area contributed by atoms with Crippen molar-refractivity contribution in [1.82, 2.24) is 5.32 Å². The number of nitrogen functional groups attached to an aromatic ring is 1. The van der Waals surface area contributed by atoms with Gasteiger partial charge < -0.3 is 11.1 Å². The maximum absolute atomic E-state index is 11.0. The number of carbonyl (C=O) groups is 1. The minimum absolute atomic E-state index is 0.0338. The van der Waals surface area contributed by atoms with Crippen LogP contribution in [-0.4, -0.2) is 18.7 Å². The van der Waals surface area contributed by atoms with Gasteiger partial charge in [0, 0.05) is 17.6 Å². The lowest BCUT2D eigenvalue weighted by Gasteiger charge is -2.04. The van der Waals surface area contributed by atoms with E-state index < -0.39 is 0 Å². The van der Waals surface area contributed by atoms with E-state index in [1.54, 1.807) is 25.2 Å². The number of benzene rings is 1. The van der Waals surface area contributed by atoms with Crippen LogP contribution in [0.5, 0.6) is 0 Å². The largest absolute Gasteiger partial charge is 0.399 e. The third-order valence-electron chi connectivity index (χ3n) is 1.59. The van der Waals surface area contributed by atoms with Gasteiger partial charge in [0.2, 0.25) is 5.91 Å². The normalized spacial score (nSPS) is 9.86. The van der Waals surface area contributed by atoms with E-state index in [0.29, 0.717) is 16.5 Å². The Morgan fingerprint density at radius 3 is 3.00 bits per heavy atom. The summed E-state index contributed by atoms with van der Waals surface area (Å²) < 4.78 is 0. The van der Waals surface area contributed by atoms with Gasteiger partial charge in [-0.3, -0.25) is 4.79 Å². The van der Waals surface area contributed by atoms with Crippen molar-refractivity contribution >= 4 is 35.0 Å². The SMILES string of the molecule is CNC(=O)CSc1cc(N)ccc1Cl. The van der Waals surface area contributed by atoms with Crippen molar-refractivity contribution in [2.75, 3.05) is 18.5 Å². The van der Waals surface area contributed by atoms with Gasteiger partial charge in [0.1, 0.15) is 0 Å². The molecule has 3 nitrogen and oxygen atoms in total. The van der Waals surface area contributed by atoms with Crippen LogP contribution in [0.2, 0.25) is 5.02 Å². The first-order valence-corrected chi connectivity index (χ1v) is 5.38. The Morgan fingerprint density at radius 2 is 2.36 bits per heavy atom. The number of carbonyl (C=O) groups excluding carboxylic acids is 1. The Kier molecular flexibility index (Phi) is 4.10. The number of anilines is 1. The summed E-state index contributed by atoms with van der Waals surface area (Å²) in [5.74, 6) is 0.313. The third-order valence-corrected chi connectivity index (χ3v) is 3.09. The number of nitrogens with two attached hydrogens (primary N) is 1. The highest BCUT2D eigenvalue weighted by Gasteiger charge is 2.04. The lowest BCUT2D eigenvalue weighted by Crippen LogP contribution is -2.19. The molecular formula is C9H11ClN2OS. The van der Waals surface area contributed by atoms with Gasteiger partial charge in [-0.1, -0.05) is 11.6 Å². The van der Waals surface area contributed by atoms with Crippen LogP contribution < -0.4 is 11.1 Å². The first kappa shape index (κ1) is 11.2. The number of nitrogens with one attached hydrogen (secondary N) is 1. The Labute approximate surface area is 92.0 Å². The van der Waals surface area contributed by atoms with E-state index in [1.165, 1.54) is 11.8 Å². The van der Waals surface area contributed by atoms with Crippen LogP contribution in [0.4, 0.5) is 5.69 Å². The fraction of sp³-hybridized carbons (Fsp3) is 0.222. The van der Waals surface area contributed by atoms with Gasteiger partial charge in [-0.2, -0.15) is 0 Å². The second-order valence-corrected chi connectivity index (χ2v) is 4.08. The predicted molar refractivity (Wildman–Crippen MR) is 60.7 cm³/mol. The minimum Gasteiger partial charge on any atom is -0.399 e. The van der Waals surface area contributed by atoms with Gasteiger partial charge >= 0.3 is 0 Å². The van der Waals surface area contributed by atoms with E-state index in [-0.39, 0.29) is 5.91 Å². The van der Waals surface area contributed by atoms with Crippen molar-refractivity contribution in [1.29, 1.82) is 0 Å². The standard InChI is InChI=1S/C9H11ClN2OS/c1-12-9(13)5-14-8-4-6(11)2-3-7(8)10/h2-4H,5,11H2,1H3,(H,12,13). The molecular weight excluding hydrogens is 220 g/mol. The number of halogens is 1. The summed E-state index contributed by atoms with van der Waals surface area (Å²) in [5, 5.41) is 3.15. The molecule has 0 aliphatic carbocycles. The molecule has 76 valence electrons. The van der Waals surface area contributed by atoms with Crippen LogP contribution in [-0.2, 0) is 4.79 Å². The van der Waals surface area contributed by atoms with Gasteiger partial charge in [-0.05, 0) is 18.2 Å².